The van der Waals surface area contributed by atoms with Crippen molar-refractivity contribution in [3.05, 3.63) is 96.0 Å². The summed E-state index contributed by atoms with van der Waals surface area (Å²) in [4.78, 5) is 35.6. The number of unbranched alkanes of at least 4 members (excludes halogenated alkanes) is 3. The molecule has 0 spiro atoms. The first-order chi connectivity index (χ1) is 26.0. The van der Waals surface area contributed by atoms with E-state index in [9.17, 15) is 19.5 Å². The fourth-order valence-electron chi connectivity index (χ4n) is 4.95. The lowest BCUT2D eigenvalue weighted by atomic mass is 9.86. The van der Waals surface area contributed by atoms with Gasteiger partial charge in [-0.05, 0) is 72.6 Å². The van der Waals surface area contributed by atoms with Gasteiger partial charge in [-0.1, -0.05) is 97.9 Å². The number of ether oxygens (including phenoxy) is 6. The van der Waals surface area contributed by atoms with Crippen LogP contribution < -0.4 is 15.4 Å². The summed E-state index contributed by atoms with van der Waals surface area (Å²) in [7, 11) is 0. The van der Waals surface area contributed by atoms with Gasteiger partial charge < -0.3 is 38.8 Å². The number of carbonyl (C=O) groups excluding carboxylic acids is 3. The molecule has 1 aliphatic rings. The van der Waals surface area contributed by atoms with E-state index in [1.807, 2.05) is 42.5 Å². The van der Waals surface area contributed by atoms with Crippen molar-refractivity contribution in [1.82, 2.24) is 10.6 Å². The predicted octanol–water partition coefficient (Wildman–Crippen LogP) is 7.14. The molecular formula is C43H62N2O10. The van der Waals surface area contributed by atoms with Crippen molar-refractivity contribution in [2.75, 3.05) is 39.5 Å². The molecule has 0 saturated heterocycles. The van der Waals surface area contributed by atoms with Gasteiger partial charge >= 0.3 is 12.1 Å². The average molecular weight is 767 g/mol. The van der Waals surface area contributed by atoms with Crippen LogP contribution in [0.4, 0.5) is 4.79 Å². The van der Waals surface area contributed by atoms with Gasteiger partial charge in [0.25, 0.3) is 0 Å². The monoisotopic (exact) mass is 766 g/mol. The maximum atomic E-state index is 12.6. The van der Waals surface area contributed by atoms with Gasteiger partial charge in [-0.15, -0.1) is 0 Å². The van der Waals surface area contributed by atoms with Gasteiger partial charge in [0.2, 0.25) is 12.2 Å². The summed E-state index contributed by atoms with van der Waals surface area (Å²) in [6.07, 6.45) is 9.50. The number of hydrogen-bond acceptors (Lipinski definition) is 11. The van der Waals surface area contributed by atoms with Gasteiger partial charge in [-0.25, -0.2) is 14.4 Å². The second kappa shape index (κ2) is 24.0. The molecule has 0 aromatic heterocycles. The zero-order valence-corrected chi connectivity index (χ0v) is 33.7. The van der Waals surface area contributed by atoms with E-state index >= 15 is 0 Å². The number of alkyl carbamates (subject to hydrolysis) is 1. The van der Waals surface area contributed by atoms with Crippen molar-refractivity contribution in [2.45, 2.75) is 105 Å². The molecule has 2 rings (SSSR count). The van der Waals surface area contributed by atoms with E-state index in [2.05, 4.69) is 71.4 Å². The van der Waals surface area contributed by atoms with E-state index in [4.69, 9.17) is 28.4 Å². The maximum Gasteiger partial charge on any atom is 0.407 e. The Hall–Kier alpha value is -4.61. The SMILES string of the molecule is C=CC(=C=O)OCC(COc1ccc(C(C)(C)C)cc1)OC(=O)NCCCCCCNC(O)OC(COC(=O)C(=C)C)COC1=CC=C(C(C)(C)C)C=CC1. The largest absolute Gasteiger partial charge is 0.495 e. The van der Waals surface area contributed by atoms with E-state index in [-0.39, 0.29) is 48.6 Å². The Morgan fingerprint density at radius 2 is 1.55 bits per heavy atom. The van der Waals surface area contributed by atoms with Crippen LogP contribution in [0.1, 0.15) is 86.1 Å². The number of allylic oxidation sites excluding steroid dienone is 6. The topological polar surface area (TPSA) is 151 Å². The second-order valence-corrected chi connectivity index (χ2v) is 15.3. The van der Waals surface area contributed by atoms with Crippen molar-refractivity contribution >= 4 is 18.0 Å². The third-order valence-corrected chi connectivity index (χ3v) is 8.29. The number of hydrogen-bond donors (Lipinski definition) is 3. The zero-order chi connectivity index (χ0) is 40.9. The highest BCUT2D eigenvalue weighted by molar-refractivity contribution is 5.86. The molecule has 3 atom stereocenters. The predicted molar refractivity (Wildman–Crippen MR) is 213 cm³/mol. The second-order valence-electron chi connectivity index (χ2n) is 15.3. The lowest BCUT2D eigenvalue weighted by Gasteiger charge is -2.23. The van der Waals surface area contributed by atoms with Gasteiger partial charge in [0.15, 0.2) is 12.0 Å². The maximum absolute atomic E-state index is 12.6. The molecule has 0 fully saturated rings. The van der Waals surface area contributed by atoms with Gasteiger partial charge in [-0.3, -0.25) is 5.32 Å². The first kappa shape index (κ1) is 46.5. The smallest absolute Gasteiger partial charge is 0.407 e. The summed E-state index contributed by atoms with van der Waals surface area (Å²) in [5, 5.41) is 16.2. The Labute approximate surface area is 327 Å². The lowest BCUT2D eigenvalue weighted by Crippen LogP contribution is -2.39. The van der Waals surface area contributed by atoms with E-state index in [0.717, 1.165) is 30.6 Å². The molecule has 1 aromatic rings. The van der Waals surface area contributed by atoms with Gasteiger partial charge in [0.1, 0.15) is 38.3 Å². The minimum atomic E-state index is -1.31. The number of esters is 1. The summed E-state index contributed by atoms with van der Waals surface area (Å²) in [6, 6.07) is 7.68. The van der Waals surface area contributed by atoms with Crippen LogP contribution in [-0.4, -0.2) is 81.2 Å². The fraction of sp³-hybridized carbons (Fsp3) is 0.535. The summed E-state index contributed by atoms with van der Waals surface area (Å²) in [5.41, 5.74) is 2.59. The molecule has 1 amide bonds. The Morgan fingerprint density at radius 3 is 2.16 bits per heavy atom. The number of amides is 1. The van der Waals surface area contributed by atoms with Gasteiger partial charge in [0.05, 0.1) is 5.76 Å². The quantitative estimate of drug-likeness (QED) is 0.0187. The average Bonchev–Trinajstić information content (AvgIpc) is 3.39. The van der Waals surface area contributed by atoms with Crippen molar-refractivity contribution in [2.24, 2.45) is 5.41 Å². The Kier molecular flexibility index (Phi) is 20.3. The molecule has 0 heterocycles. The highest BCUT2D eigenvalue weighted by atomic mass is 16.7. The van der Waals surface area contributed by atoms with Crippen molar-refractivity contribution in [1.29, 1.82) is 0 Å². The number of carbonyl (C=O) groups is 2. The Bertz CT molecular complexity index is 1530. The van der Waals surface area contributed by atoms with Crippen molar-refractivity contribution in [3.63, 3.8) is 0 Å². The molecule has 12 nitrogen and oxygen atoms in total. The molecule has 55 heavy (non-hydrogen) atoms. The first-order valence-corrected chi connectivity index (χ1v) is 18.8. The van der Waals surface area contributed by atoms with Crippen LogP contribution >= 0.6 is 0 Å². The third-order valence-electron chi connectivity index (χ3n) is 8.29. The normalized spacial score (nSPS) is 14.5. The molecule has 0 aliphatic heterocycles. The molecule has 3 N–H and O–H groups in total. The van der Waals surface area contributed by atoms with Crippen molar-refractivity contribution < 1.29 is 47.9 Å². The van der Waals surface area contributed by atoms with E-state index in [1.54, 1.807) is 12.9 Å². The molecule has 0 saturated carbocycles. The van der Waals surface area contributed by atoms with Crippen LogP contribution in [0.25, 0.3) is 0 Å². The van der Waals surface area contributed by atoms with Crippen LogP contribution in [0.15, 0.2) is 90.5 Å². The Morgan fingerprint density at radius 1 is 0.891 bits per heavy atom. The molecule has 304 valence electrons. The zero-order valence-electron chi connectivity index (χ0n) is 33.7. The molecular weight excluding hydrogens is 704 g/mol. The highest BCUT2D eigenvalue weighted by Crippen LogP contribution is 2.29. The molecule has 0 bridgehead atoms. The molecule has 1 aliphatic carbocycles. The molecule has 0 radical (unpaired) electrons. The minimum absolute atomic E-state index is 0.00161. The number of rotatable bonds is 24. The van der Waals surface area contributed by atoms with Crippen LogP contribution in [0.5, 0.6) is 5.75 Å². The van der Waals surface area contributed by atoms with Crippen molar-refractivity contribution in [3.8, 4) is 5.75 Å². The highest BCUT2D eigenvalue weighted by Gasteiger charge is 2.21. The summed E-state index contributed by atoms with van der Waals surface area (Å²) in [5.74, 6) is 2.33. The summed E-state index contributed by atoms with van der Waals surface area (Å²) >= 11 is 0. The number of benzene rings is 1. The van der Waals surface area contributed by atoms with Gasteiger partial charge in [0, 0.05) is 18.5 Å². The summed E-state index contributed by atoms with van der Waals surface area (Å²) < 4.78 is 33.8. The molecule has 12 heteroatoms. The minimum Gasteiger partial charge on any atom is -0.495 e. The van der Waals surface area contributed by atoms with E-state index in [0.29, 0.717) is 31.7 Å². The van der Waals surface area contributed by atoms with Gasteiger partial charge in [-0.2, -0.15) is 0 Å². The number of aliphatic hydroxyl groups excluding tert-OH is 1. The Balaban J connectivity index is 1.75. The standard InChI is InChI=1S/C43H62N2O10/c1-10-34(26-46)50-27-37(28-52-36-22-19-33(20-23-36)43(7,8)9)54-40(48)44-24-13-11-12-14-25-45-41(49)55-38(30-53-39(47)31(2)3)29-51-35-17-15-16-32(18-21-35)42(4,5)6/h10,15-16,18-23,37-38,41,45,49H,1-2,11-14,17,24-25,27-30H2,3-9H3,(H,44,48). The van der Waals surface area contributed by atoms with Crippen LogP contribution in [0, 0.1) is 5.41 Å². The van der Waals surface area contributed by atoms with Crippen LogP contribution in [0.2, 0.25) is 0 Å². The lowest BCUT2D eigenvalue weighted by molar-refractivity contribution is -0.182. The van der Waals surface area contributed by atoms with Crippen LogP contribution in [-0.2, 0) is 38.7 Å². The first-order valence-electron chi connectivity index (χ1n) is 18.8. The van der Waals surface area contributed by atoms with Crippen LogP contribution in [0.3, 0.4) is 0 Å². The summed E-state index contributed by atoms with van der Waals surface area (Å²) in [6.45, 7) is 22.2. The molecule has 3 unspecified atom stereocenters. The molecule has 1 aromatic carbocycles. The third kappa shape index (κ3) is 19.5. The fourth-order valence-corrected chi connectivity index (χ4v) is 4.95. The number of nitrogens with one attached hydrogen (secondary N) is 2. The van der Waals surface area contributed by atoms with E-state index < -0.39 is 30.7 Å². The number of aliphatic hydroxyl groups is 1. The van der Waals surface area contributed by atoms with E-state index in [1.165, 1.54) is 11.6 Å².